The predicted octanol–water partition coefficient (Wildman–Crippen LogP) is 1.88. The highest BCUT2D eigenvalue weighted by Gasteiger charge is 2.41. The highest BCUT2D eigenvalue weighted by Crippen LogP contribution is 2.39. The number of ether oxygens (including phenoxy) is 1. The van der Waals surface area contributed by atoms with Crippen LogP contribution in [-0.2, 0) is 19.1 Å². The van der Waals surface area contributed by atoms with Crippen LogP contribution in [-0.4, -0.2) is 24.3 Å². The van der Waals surface area contributed by atoms with Crippen LogP contribution in [0.2, 0.25) is 0 Å². The van der Waals surface area contributed by atoms with E-state index in [1.54, 1.807) is 19.1 Å². The van der Waals surface area contributed by atoms with Gasteiger partial charge in [0.15, 0.2) is 0 Å². The van der Waals surface area contributed by atoms with Crippen molar-refractivity contribution in [1.82, 2.24) is 0 Å². The average Bonchev–Trinajstić information content (AvgIpc) is 2.72. The number of rotatable bonds is 5. The monoisotopic (exact) mass is 275 g/mol. The van der Waals surface area contributed by atoms with E-state index in [9.17, 15) is 14.4 Å². The van der Waals surface area contributed by atoms with Crippen molar-refractivity contribution in [3.63, 3.8) is 0 Å². The lowest BCUT2D eigenvalue weighted by Gasteiger charge is -2.19. The van der Waals surface area contributed by atoms with Crippen LogP contribution in [0.5, 0.6) is 0 Å². The molecule has 1 aliphatic rings. The number of ketones is 1. The quantitative estimate of drug-likeness (QED) is 0.833. The Morgan fingerprint density at radius 2 is 2.05 bits per heavy atom. The van der Waals surface area contributed by atoms with Crippen molar-refractivity contribution in [3.05, 3.63) is 29.8 Å². The summed E-state index contributed by atoms with van der Waals surface area (Å²) in [5, 5.41) is 2.74. The molecule has 0 spiro atoms. The van der Waals surface area contributed by atoms with E-state index in [4.69, 9.17) is 4.74 Å². The van der Waals surface area contributed by atoms with E-state index in [2.05, 4.69) is 5.32 Å². The third-order valence-corrected chi connectivity index (χ3v) is 3.34. The molecule has 0 saturated heterocycles. The highest BCUT2D eigenvalue weighted by atomic mass is 16.5. The van der Waals surface area contributed by atoms with Gasteiger partial charge in [0.2, 0.25) is 5.91 Å². The Balaban J connectivity index is 2.35. The lowest BCUT2D eigenvalue weighted by atomic mass is 9.84. The van der Waals surface area contributed by atoms with Crippen LogP contribution in [0.25, 0.3) is 0 Å². The van der Waals surface area contributed by atoms with Crippen molar-refractivity contribution in [1.29, 1.82) is 0 Å². The van der Waals surface area contributed by atoms with Gasteiger partial charge in [0.05, 0.1) is 18.4 Å². The molecule has 20 heavy (non-hydrogen) atoms. The van der Waals surface area contributed by atoms with Gasteiger partial charge in [-0.2, -0.15) is 0 Å². The smallest absolute Gasteiger partial charge is 0.310 e. The van der Waals surface area contributed by atoms with Crippen molar-refractivity contribution in [2.75, 3.05) is 11.9 Å². The van der Waals surface area contributed by atoms with Crippen molar-refractivity contribution < 1.29 is 19.1 Å². The average molecular weight is 275 g/mol. The normalized spacial score (nSPS) is 18.1. The van der Waals surface area contributed by atoms with Gasteiger partial charge < -0.3 is 14.8 Å². The summed E-state index contributed by atoms with van der Waals surface area (Å²) in [5.74, 6) is -2.32. The van der Waals surface area contributed by atoms with Gasteiger partial charge in [0, 0.05) is 12.1 Å². The third-order valence-electron chi connectivity index (χ3n) is 3.34. The summed E-state index contributed by atoms with van der Waals surface area (Å²) in [7, 11) is 0. The van der Waals surface area contributed by atoms with E-state index in [-0.39, 0.29) is 24.7 Å². The zero-order valence-electron chi connectivity index (χ0n) is 11.5. The minimum absolute atomic E-state index is 0.00521. The number of benzene rings is 1. The maximum atomic E-state index is 12.1. The summed E-state index contributed by atoms with van der Waals surface area (Å²) in [6.45, 7) is 3.33. The first kappa shape index (κ1) is 14.2. The number of esters is 1. The van der Waals surface area contributed by atoms with Crippen LogP contribution < -0.4 is 5.32 Å². The Morgan fingerprint density at radius 3 is 2.70 bits per heavy atom. The molecule has 5 nitrogen and oxygen atoms in total. The Bertz CT molecular complexity index is 553. The van der Waals surface area contributed by atoms with E-state index >= 15 is 0 Å². The Hall–Kier alpha value is -2.17. The van der Waals surface area contributed by atoms with Gasteiger partial charge >= 0.3 is 5.97 Å². The molecule has 0 radical (unpaired) electrons. The number of nitrogens with one attached hydrogen (secondary N) is 1. The van der Waals surface area contributed by atoms with Gasteiger partial charge in [-0.15, -0.1) is 0 Å². The fraction of sp³-hybridized carbons (Fsp3) is 0.400. The molecule has 2 rings (SSSR count). The fourth-order valence-corrected chi connectivity index (χ4v) is 2.53. The van der Waals surface area contributed by atoms with Crippen molar-refractivity contribution in [3.8, 4) is 0 Å². The van der Waals surface area contributed by atoms with E-state index in [1.807, 2.05) is 12.1 Å². The fourth-order valence-electron chi connectivity index (χ4n) is 2.53. The molecule has 1 heterocycles. The van der Waals surface area contributed by atoms with Crippen LogP contribution in [0.1, 0.15) is 31.7 Å². The molecule has 0 aromatic heterocycles. The maximum absolute atomic E-state index is 12.1. The number of para-hydroxylation sites is 1. The summed E-state index contributed by atoms with van der Waals surface area (Å²) < 4.78 is 5.01. The highest BCUT2D eigenvalue weighted by molar-refractivity contribution is 6.05. The minimum Gasteiger partial charge on any atom is -0.466 e. The third kappa shape index (κ3) is 2.71. The molecule has 1 amide bonds. The molecule has 1 aromatic rings. The summed E-state index contributed by atoms with van der Waals surface area (Å²) in [6.07, 6.45) is 0.00521. The lowest BCUT2D eigenvalue weighted by Crippen LogP contribution is -2.30. The number of fused-ring (bicyclic) bond motifs is 1. The van der Waals surface area contributed by atoms with Crippen LogP contribution in [0, 0.1) is 5.92 Å². The standard InChI is InChI=1S/C15H17NO4/c1-3-20-15(19)11(8-9(2)17)13-10-6-4-5-7-12(10)16-14(13)18/h4-7,11,13H,3,8H2,1-2H3,(H,16,18). The molecule has 0 fully saturated rings. The number of carbonyl (C=O) groups is 3. The van der Waals surface area contributed by atoms with Crippen molar-refractivity contribution in [2.24, 2.45) is 5.92 Å². The largest absolute Gasteiger partial charge is 0.466 e. The number of amides is 1. The first-order valence-corrected chi connectivity index (χ1v) is 6.60. The minimum atomic E-state index is -0.768. The molecule has 5 heteroatoms. The van der Waals surface area contributed by atoms with Crippen LogP contribution >= 0.6 is 0 Å². The molecule has 0 aliphatic carbocycles. The van der Waals surface area contributed by atoms with Gasteiger partial charge in [0.1, 0.15) is 5.78 Å². The first-order valence-electron chi connectivity index (χ1n) is 6.60. The van der Waals surface area contributed by atoms with Crippen LogP contribution in [0.15, 0.2) is 24.3 Å². The molecule has 2 unspecified atom stereocenters. The number of Topliss-reactive ketones (excluding diaryl/α,β-unsaturated/α-hetero) is 1. The summed E-state index contributed by atoms with van der Waals surface area (Å²) >= 11 is 0. The second-order valence-corrected chi connectivity index (χ2v) is 4.82. The van der Waals surface area contributed by atoms with Crippen molar-refractivity contribution >= 4 is 23.3 Å². The topological polar surface area (TPSA) is 72.5 Å². The number of anilines is 1. The molecule has 0 bridgehead atoms. The lowest BCUT2D eigenvalue weighted by molar-refractivity contribution is -0.151. The van der Waals surface area contributed by atoms with E-state index in [0.717, 1.165) is 5.56 Å². The van der Waals surface area contributed by atoms with Gasteiger partial charge in [0.25, 0.3) is 0 Å². The van der Waals surface area contributed by atoms with E-state index in [1.165, 1.54) is 6.92 Å². The van der Waals surface area contributed by atoms with Crippen LogP contribution in [0.4, 0.5) is 5.69 Å². The molecule has 2 atom stereocenters. The van der Waals surface area contributed by atoms with Gasteiger partial charge in [-0.1, -0.05) is 18.2 Å². The number of hydrogen-bond acceptors (Lipinski definition) is 4. The first-order chi connectivity index (χ1) is 9.54. The van der Waals surface area contributed by atoms with E-state index in [0.29, 0.717) is 5.69 Å². The molecule has 0 saturated carbocycles. The number of carbonyl (C=O) groups excluding carboxylic acids is 3. The van der Waals surface area contributed by atoms with E-state index < -0.39 is 17.8 Å². The molecule has 1 aliphatic heterocycles. The summed E-state index contributed by atoms with van der Waals surface area (Å²) in [5.41, 5.74) is 1.44. The molecule has 106 valence electrons. The molecule has 1 aromatic carbocycles. The summed E-state index contributed by atoms with van der Waals surface area (Å²) in [4.78, 5) is 35.6. The maximum Gasteiger partial charge on any atom is 0.310 e. The van der Waals surface area contributed by atoms with Crippen LogP contribution in [0.3, 0.4) is 0 Å². The second-order valence-electron chi connectivity index (χ2n) is 4.82. The zero-order chi connectivity index (χ0) is 14.7. The second kappa shape index (κ2) is 5.86. The zero-order valence-corrected chi connectivity index (χ0v) is 11.5. The SMILES string of the molecule is CCOC(=O)C(CC(C)=O)C1C(=O)Nc2ccccc21. The molecular weight excluding hydrogens is 258 g/mol. The summed E-state index contributed by atoms with van der Waals surface area (Å²) in [6, 6.07) is 7.20. The Morgan fingerprint density at radius 1 is 1.35 bits per heavy atom. The van der Waals surface area contributed by atoms with Gasteiger partial charge in [-0.25, -0.2) is 0 Å². The molecular formula is C15H17NO4. The van der Waals surface area contributed by atoms with Gasteiger partial charge in [-0.3, -0.25) is 9.59 Å². The number of hydrogen-bond donors (Lipinski definition) is 1. The van der Waals surface area contributed by atoms with Gasteiger partial charge in [-0.05, 0) is 25.5 Å². The Labute approximate surface area is 117 Å². The predicted molar refractivity (Wildman–Crippen MR) is 73.2 cm³/mol. The Kier molecular flexibility index (Phi) is 4.17. The van der Waals surface area contributed by atoms with Crippen molar-refractivity contribution in [2.45, 2.75) is 26.2 Å². The molecule has 1 N–H and O–H groups in total.